The third-order valence-electron chi connectivity index (χ3n) is 7.85. The van der Waals surface area contributed by atoms with E-state index in [1.54, 1.807) is 30.8 Å². The zero-order valence-electron chi connectivity index (χ0n) is 29.6. The van der Waals surface area contributed by atoms with Crippen LogP contribution in [0.25, 0.3) is 50.3 Å². The molecule has 0 aliphatic carbocycles. The largest absolute Gasteiger partial charge is 2.00 e. The first-order valence-electron chi connectivity index (χ1n) is 16.7. The van der Waals surface area contributed by atoms with Crippen molar-refractivity contribution in [1.29, 1.82) is 0 Å². The number of benzene rings is 4. The number of hydrogen-bond donors (Lipinski definition) is 0. The van der Waals surface area contributed by atoms with Gasteiger partial charge in [0, 0.05) is 50.9 Å². The van der Waals surface area contributed by atoms with E-state index in [1.165, 1.54) is 0 Å². The Morgan fingerprint density at radius 1 is 0.580 bits per heavy atom. The predicted octanol–water partition coefficient (Wildman–Crippen LogP) is 9.40. The molecule has 0 atom stereocenters. The van der Waals surface area contributed by atoms with Crippen LogP contribution in [0.1, 0.15) is 21.1 Å². The van der Waals surface area contributed by atoms with Gasteiger partial charge in [0.2, 0.25) is 5.95 Å². The molecule has 9 heteroatoms. The zero-order chi connectivity index (χ0) is 35.1. The van der Waals surface area contributed by atoms with Crippen LogP contribution < -0.4 is 9.47 Å². The smallest absolute Gasteiger partial charge is 0.503 e. The van der Waals surface area contributed by atoms with Gasteiger partial charge in [0.15, 0.2) is 0 Å². The molecule has 0 N–H and O–H groups in total. The number of fused-ring (bicyclic) bond motifs is 3. The van der Waals surface area contributed by atoms with Gasteiger partial charge >= 0.3 is 41.5 Å². The fourth-order valence-corrected chi connectivity index (χ4v) is 5.54. The van der Waals surface area contributed by atoms with Crippen LogP contribution >= 0.6 is 0 Å². The molecule has 0 saturated carbocycles. The van der Waals surface area contributed by atoms with Crippen molar-refractivity contribution in [3.63, 3.8) is 0 Å². The van der Waals surface area contributed by atoms with Crippen LogP contribution in [0.4, 0.5) is 0 Å². The Kier molecular flexibility index (Phi) is 9.22. The number of aromatic nitrogens is 5. The van der Waals surface area contributed by atoms with Crippen molar-refractivity contribution in [1.82, 2.24) is 24.5 Å². The Bertz CT molecular complexity index is 2400. The average molecular weight is 926 g/mol. The molecule has 50 heavy (non-hydrogen) atoms. The Labute approximate surface area is 322 Å². The van der Waals surface area contributed by atoms with E-state index in [2.05, 4.69) is 34.2 Å². The molecule has 0 aliphatic heterocycles. The molecular formula is C41H27N5O2PdPt. The first-order valence-corrected chi connectivity index (χ1v) is 15.2. The summed E-state index contributed by atoms with van der Waals surface area (Å²) in [6.07, 6.45) is 3.47. The van der Waals surface area contributed by atoms with Gasteiger partial charge in [0.05, 0.1) is 0 Å². The van der Waals surface area contributed by atoms with Gasteiger partial charge in [-0.3, -0.25) is 0 Å². The van der Waals surface area contributed by atoms with Crippen molar-refractivity contribution in [2.75, 3.05) is 0 Å². The molecule has 0 aliphatic rings. The monoisotopic (exact) mass is 925 g/mol. The van der Waals surface area contributed by atoms with E-state index in [9.17, 15) is 0 Å². The summed E-state index contributed by atoms with van der Waals surface area (Å²) < 4.78 is 38.5. The minimum Gasteiger partial charge on any atom is -0.503 e. The van der Waals surface area contributed by atoms with E-state index in [-0.39, 0.29) is 53.0 Å². The zero-order valence-corrected chi connectivity index (χ0v) is 30.4. The van der Waals surface area contributed by atoms with E-state index >= 15 is 0 Å². The summed E-state index contributed by atoms with van der Waals surface area (Å²) in [5.74, 6) is 2.13. The summed E-state index contributed by atoms with van der Waals surface area (Å²) in [5, 5.41) is 1.68. The minimum atomic E-state index is -2.37. The maximum Gasteiger partial charge on any atom is 2.00 e. The van der Waals surface area contributed by atoms with Crippen LogP contribution in [0.2, 0.25) is 0 Å². The summed E-state index contributed by atoms with van der Waals surface area (Å²) in [6.45, 7) is 0.993. The molecule has 0 unspecified atom stereocenters. The number of nitrogens with zero attached hydrogens (tertiary/aromatic N) is 5. The maximum absolute atomic E-state index is 8.06. The van der Waals surface area contributed by atoms with Crippen LogP contribution in [0, 0.1) is 45.0 Å². The fourth-order valence-electron chi connectivity index (χ4n) is 5.54. The van der Waals surface area contributed by atoms with Crippen molar-refractivity contribution >= 4 is 21.8 Å². The van der Waals surface area contributed by atoms with Crippen LogP contribution in [0.5, 0.6) is 23.0 Å². The number of rotatable bonds is 7. The number of aryl methyl sites for hydroxylation is 2. The molecule has 0 radical (unpaired) electrons. The maximum atomic E-state index is 8.06. The first kappa shape index (κ1) is 31.0. The quantitative estimate of drug-likeness (QED) is 0.117. The van der Waals surface area contributed by atoms with Gasteiger partial charge in [-0.1, -0.05) is 47.4 Å². The molecular weight excluding hydrogens is 896 g/mol. The normalized spacial score (nSPS) is 11.9. The van der Waals surface area contributed by atoms with Gasteiger partial charge in [-0.15, -0.1) is 71.8 Å². The minimum absolute atomic E-state index is 0. The molecule has 4 aromatic heterocycles. The summed E-state index contributed by atoms with van der Waals surface area (Å²) >= 11 is 0. The topological polar surface area (TPSA) is 75.0 Å². The first-order chi connectivity index (χ1) is 24.7. The molecule has 8 rings (SSSR count). The second-order valence-electron chi connectivity index (χ2n) is 11.1. The van der Waals surface area contributed by atoms with E-state index in [1.807, 2.05) is 97.1 Å². The molecule has 0 fully saturated rings. The van der Waals surface area contributed by atoms with Gasteiger partial charge in [0.1, 0.15) is 0 Å². The van der Waals surface area contributed by atoms with Crippen molar-refractivity contribution in [3.05, 3.63) is 151 Å². The summed E-state index contributed by atoms with van der Waals surface area (Å²) in [7, 11) is 0. The Morgan fingerprint density at radius 3 is 1.50 bits per heavy atom. The van der Waals surface area contributed by atoms with Crippen molar-refractivity contribution in [3.8, 4) is 51.5 Å². The second kappa shape index (κ2) is 14.9. The van der Waals surface area contributed by atoms with Crippen LogP contribution in [0.15, 0.2) is 109 Å². The predicted molar refractivity (Wildman–Crippen MR) is 185 cm³/mol. The molecule has 7 nitrogen and oxygen atoms in total. The van der Waals surface area contributed by atoms with Crippen molar-refractivity contribution in [2.45, 2.75) is 20.7 Å². The number of ether oxygens (including phenoxy) is 2. The summed E-state index contributed by atoms with van der Waals surface area (Å²) in [5.41, 5.74) is 5.20. The van der Waals surface area contributed by atoms with Crippen molar-refractivity contribution in [2.24, 2.45) is 0 Å². The molecule has 4 aromatic carbocycles. The van der Waals surface area contributed by atoms with Gasteiger partial charge in [-0.25, -0.2) is 9.97 Å². The molecule has 8 aromatic rings. The standard InChI is InChI=1S/C41H27N5O2.Pd.Pt/c1-26-27(2)44-41(45-28(26)3)46-39-24-33(47-31-12-8-10-29(22-31)37-14-4-6-20-42-37)16-18-35(39)36-19-17-34(25-40(36)46)48-32-13-9-11-30(23-32)38-15-5-7-21-43-38;;/h4-21H,1-3H3;;/q-4;2*+2/i1D3;;. The molecule has 0 saturated heterocycles. The van der Waals surface area contributed by atoms with E-state index < -0.39 is 6.85 Å². The van der Waals surface area contributed by atoms with Gasteiger partial charge in [-0.05, 0) is 49.8 Å². The van der Waals surface area contributed by atoms with Gasteiger partial charge in [-0.2, -0.15) is 22.9 Å². The van der Waals surface area contributed by atoms with Crippen LogP contribution in [-0.4, -0.2) is 24.5 Å². The van der Waals surface area contributed by atoms with Crippen LogP contribution in [0.3, 0.4) is 0 Å². The Morgan fingerprint density at radius 2 is 1.06 bits per heavy atom. The Balaban J connectivity index is 0.00000240. The molecule has 4 heterocycles. The Hall–Kier alpha value is -4.99. The van der Waals surface area contributed by atoms with E-state index in [0.29, 0.717) is 45.4 Å². The molecule has 0 spiro atoms. The number of pyridine rings is 2. The SMILES string of the molecule is [2H]C([2H])([2H])c1c(C)nc(-n2c3[c-]c(Oc4[c-]c(-c5ccccn5)ccc4)ccc3c3ccc(Oc4[c-]c(-c5ccccn5)ccc4)[c-]c32)nc1C.[Pd+2].[Pt+2]. The van der Waals surface area contributed by atoms with Crippen molar-refractivity contribution < 1.29 is 55.1 Å². The molecule has 0 amide bonds. The molecule has 248 valence electrons. The second-order valence-corrected chi connectivity index (χ2v) is 11.1. The summed E-state index contributed by atoms with van der Waals surface area (Å²) in [6, 6.07) is 43.6. The summed E-state index contributed by atoms with van der Waals surface area (Å²) in [4.78, 5) is 18.3. The van der Waals surface area contributed by atoms with E-state index in [4.69, 9.17) is 23.6 Å². The third kappa shape index (κ3) is 6.88. The molecule has 0 bridgehead atoms. The van der Waals surface area contributed by atoms with E-state index in [0.717, 1.165) is 33.3 Å². The average Bonchev–Trinajstić information content (AvgIpc) is 3.44. The van der Waals surface area contributed by atoms with Crippen LogP contribution in [-0.2, 0) is 41.5 Å². The fraction of sp³-hybridized carbons (Fsp3) is 0.0732. The van der Waals surface area contributed by atoms with Gasteiger partial charge in [0.25, 0.3) is 0 Å². The number of hydrogen-bond acceptors (Lipinski definition) is 6. The third-order valence-corrected chi connectivity index (χ3v) is 7.85. The van der Waals surface area contributed by atoms with Gasteiger partial charge < -0.3 is 24.0 Å².